The topological polar surface area (TPSA) is 131 Å². The van der Waals surface area contributed by atoms with E-state index in [0.29, 0.717) is 12.0 Å². The van der Waals surface area contributed by atoms with Crippen LogP contribution in [0.4, 0.5) is 4.79 Å². The number of nitrogens with two attached hydrogens (primary N) is 1. The number of nitrogens with one attached hydrogen (secondary N) is 2. The van der Waals surface area contributed by atoms with Crippen LogP contribution < -0.4 is 16.4 Å². The second kappa shape index (κ2) is 11.1. The predicted molar refractivity (Wildman–Crippen MR) is 133 cm³/mol. The summed E-state index contributed by atoms with van der Waals surface area (Å²) >= 11 is 0. The number of hydrogen-bond acceptors (Lipinski definition) is 5. The molecule has 4 atom stereocenters. The first-order chi connectivity index (χ1) is 16.1. The van der Waals surface area contributed by atoms with Crippen molar-refractivity contribution in [2.24, 2.45) is 11.7 Å². The summed E-state index contributed by atoms with van der Waals surface area (Å²) in [5, 5.41) is 5.43. The van der Waals surface area contributed by atoms with Gasteiger partial charge in [-0.1, -0.05) is 25.1 Å². The number of aryl methyl sites for hydroxylation is 2. The quantitative estimate of drug-likeness (QED) is 0.492. The minimum atomic E-state index is -1.27. The maximum atomic E-state index is 13.9. The molecule has 35 heavy (non-hydrogen) atoms. The second-order valence-electron chi connectivity index (χ2n) is 10.8. The first-order valence-electron chi connectivity index (χ1n) is 12.1. The molecule has 0 aromatic heterocycles. The molecule has 4 unspecified atom stereocenters. The van der Waals surface area contributed by atoms with Crippen molar-refractivity contribution in [3.05, 3.63) is 34.9 Å². The molecule has 0 heterocycles. The van der Waals surface area contributed by atoms with Gasteiger partial charge in [0.25, 0.3) is 0 Å². The minimum Gasteiger partial charge on any atom is -0.444 e. The van der Waals surface area contributed by atoms with E-state index in [9.17, 15) is 19.2 Å². The van der Waals surface area contributed by atoms with Crippen LogP contribution in [0.15, 0.2) is 18.2 Å². The molecule has 9 nitrogen and oxygen atoms in total. The van der Waals surface area contributed by atoms with Gasteiger partial charge < -0.3 is 26.0 Å². The highest BCUT2D eigenvalue weighted by atomic mass is 16.6. The summed E-state index contributed by atoms with van der Waals surface area (Å²) in [7, 11) is 0. The summed E-state index contributed by atoms with van der Waals surface area (Å²) in [5.74, 6) is -1.47. The molecule has 194 valence electrons. The highest BCUT2D eigenvalue weighted by Gasteiger charge is 2.48. The lowest BCUT2D eigenvalue weighted by Gasteiger charge is -2.35. The van der Waals surface area contributed by atoms with E-state index in [1.165, 1.54) is 4.90 Å². The average Bonchev–Trinajstić information content (AvgIpc) is 3.40. The third-order valence-electron chi connectivity index (χ3n) is 5.88. The van der Waals surface area contributed by atoms with Gasteiger partial charge in [-0.05, 0) is 77.5 Å². The van der Waals surface area contributed by atoms with Crippen LogP contribution in [0.25, 0.3) is 0 Å². The molecule has 9 heteroatoms. The minimum absolute atomic E-state index is 0.147. The van der Waals surface area contributed by atoms with Crippen molar-refractivity contribution in [1.82, 2.24) is 15.5 Å². The van der Waals surface area contributed by atoms with Gasteiger partial charge in [-0.25, -0.2) is 4.79 Å². The Bertz CT molecular complexity index is 969. The number of carbonyl (C=O) groups excluding carboxylic acids is 4. The van der Waals surface area contributed by atoms with Gasteiger partial charge in [0.1, 0.15) is 17.7 Å². The fourth-order valence-corrected chi connectivity index (χ4v) is 3.94. The van der Waals surface area contributed by atoms with Gasteiger partial charge in [-0.3, -0.25) is 14.4 Å². The average molecular weight is 489 g/mol. The smallest absolute Gasteiger partial charge is 0.408 e. The number of carbonyl (C=O) groups is 4. The van der Waals surface area contributed by atoms with Crippen LogP contribution in [0.3, 0.4) is 0 Å². The third-order valence-corrected chi connectivity index (χ3v) is 5.88. The Labute approximate surface area is 208 Å². The van der Waals surface area contributed by atoms with E-state index < -0.39 is 42.0 Å². The molecule has 1 aliphatic carbocycles. The largest absolute Gasteiger partial charge is 0.444 e. The Morgan fingerprint density at radius 3 is 2.17 bits per heavy atom. The molecule has 1 fully saturated rings. The Kier molecular flexibility index (Phi) is 8.92. The molecule has 1 aromatic carbocycles. The van der Waals surface area contributed by atoms with Crippen LogP contribution in [0.5, 0.6) is 0 Å². The maximum absolute atomic E-state index is 13.9. The number of alkyl carbamates (subject to hydrolysis) is 1. The number of ether oxygens (including phenoxy) is 1. The summed E-state index contributed by atoms with van der Waals surface area (Å²) in [6, 6.07) is 3.08. The standard InChI is InChI=1S/C26H40N4O5/c1-14(2)28-23(32)22(18-10-9-15(3)16(4)11-18)30(20-12-17(20)5)24(33)19(13-21(27)31)29-25(34)35-26(6,7)8/h9-11,14,17,19-20,22H,12-13H2,1-8H3,(H2,27,31)(H,28,32)(H,29,34). The number of nitrogens with zero attached hydrogens (tertiary/aromatic N) is 1. The van der Waals surface area contributed by atoms with Crippen LogP contribution in [0.2, 0.25) is 0 Å². The highest BCUT2D eigenvalue weighted by Crippen LogP contribution is 2.41. The summed E-state index contributed by atoms with van der Waals surface area (Å²) in [6.07, 6.45) is -0.547. The molecule has 0 saturated heterocycles. The van der Waals surface area contributed by atoms with E-state index in [1.807, 2.05) is 52.8 Å². The zero-order chi connectivity index (χ0) is 26.7. The van der Waals surface area contributed by atoms with Crippen molar-refractivity contribution in [2.45, 2.75) is 98.0 Å². The Hall–Kier alpha value is -3.10. The van der Waals surface area contributed by atoms with Gasteiger partial charge in [0, 0.05) is 12.1 Å². The predicted octanol–water partition coefficient (Wildman–Crippen LogP) is 2.87. The first-order valence-corrected chi connectivity index (χ1v) is 12.1. The second-order valence-corrected chi connectivity index (χ2v) is 10.8. The monoisotopic (exact) mass is 488 g/mol. The van der Waals surface area contributed by atoms with Gasteiger partial charge in [0.2, 0.25) is 17.7 Å². The molecule has 1 saturated carbocycles. The highest BCUT2D eigenvalue weighted by molar-refractivity contribution is 5.95. The number of primary amides is 1. The number of hydrogen-bond donors (Lipinski definition) is 3. The molecular weight excluding hydrogens is 448 g/mol. The molecule has 1 aliphatic rings. The van der Waals surface area contributed by atoms with Crippen molar-refractivity contribution in [2.75, 3.05) is 0 Å². The molecule has 0 radical (unpaired) electrons. The van der Waals surface area contributed by atoms with Gasteiger partial charge in [-0.2, -0.15) is 0 Å². The summed E-state index contributed by atoms with van der Waals surface area (Å²) in [5.41, 5.74) is 7.34. The third kappa shape index (κ3) is 7.97. The molecular formula is C26H40N4O5. The molecule has 1 aromatic rings. The first kappa shape index (κ1) is 28.1. The Morgan fingerprint density at radius 1 is 1.11 bits per heavy atom. The van der Waals surface area contributed by atoms with Crippen LogP contribution in [-0.2, 0) is 19.1 Å². The lowest BCUT2D eigenvalue weighted by atomic mass is 9.97. The van der Waals surface area contributed by atoms with Crippen molar-refractivity contribution >= 4 is 23.8 Å². The van der Waals surface area contributed by atoms with Gasteiger partial charge in [0.05, 0.1) is 6.42 Å². The van der Waals surface area contributed by atoms with Crippen molar-refractivity contribution in [3.8, 4) is 0 Å². The fourth-order valence-electron chi connectivity index (χ4n) is 3.94. The summed E-state index contributed by atoms with van der Waals surface area (Å²) in [6.45, 7) is 14.7. The van der Waals surface area contributed by atoms with Gasteiger partial charge >= 0.3 is 6.09 Å². The summed E-state index contributed by atoms with van der Waals surface area (Å²) < 4.78 is 5.30. The van der Waals surface area contributed by atoms with E-state index in [1.54, 1.807) is 20.8 Å². The van der Waals surface area contributed by atoms with E-state index in [4.69, 9.17) is 10.5 Å². The van der Waals surface area contributed by atoms with Crippen LogP contribution in [0.1, 0.15) is 77.1 Å². The molecule has 0 spiro atoms. The summed E-state index contributed by atoms with van der Waals surface area (Å²) in [4.78, 5) is 53.3. The molecule has 0 bridgehead atoms. The van der Waals surface area contributed by atoms with Crippen molar-refractivity contribution in [3.63, 3.8) is 0 Å². The fraction of sp³-hybridized carbons (Fsp3) is 0.615. The van der Waals surface area contributed by atoms with Crippen molar-refractivity contribution < 1.29 is 23.9 Å². The molecule has 4 N–H and O–H groups in total. The van der Waals surface area contributed by atoms with E-state index in [2.05, 4.69) is 10.6 Å². The number of benzene rings is 1. The Morgan fingerprint density at radius 2 is 1.71 bits per heavy atom. The molecule has 2 rings (SSSR count). The number of rotatable bonds is 9. The van der Waals surface area contributed by atoms with Crippen molar-refractivity contribution in [1.29, 1.82) is 0 Å². The van der Waals surface area contributed by atoms with E-state index in [-0.39, 0.29) is 23.9 Å². The lowest BCUT2D eigenvalue weighted by molar-refractivity contribution is -0.144. The SMILES string of the molecule is Cc1ccc(C(C(=O)NC(C)C)N(C(=O)C(CC(N)=O)NC(=O)OC(C)(C)C)C2CC2C)cc1C. The van der Waals surface area contributed by atoms with Crippen LogP contribution in [0, 0.1) is 19.8 Å². The normalized spacial score (nSPS) is 18.9. The number of amides is 4. The molecule has 4 amide bonds. The van der Waals surface area contributed by atoms with E-state index in [0.717, 1.165) is 11.1 Å². The molecule has 0 aliphatic heterocycles. The van der Waals surface area contributed by atoms with Gasteiger partial charge in [-0.15, -0.1) is 0 Å². The van der Waals surface area contributed by atoms with Crippen LogP contribution >= 0.6 is 0 Å². The zero-order valence-corrected chi connectivity index (χ0v) is 22.1. The lowest BCUT2D eigenvalue weighted by Crippen LogP contribution is -2.55. The zero-order valence-electron chi connectivity index (χ0n) is 22.1. The van der Waals surface area contributed by atoms with Crippen LogP contribution in [-0.4, -0.2) is 52.4 Å². The maximum Gasteiger partial charge on any atom is 0.408 e. The Balaban J connectivity index is 2.52. The van der Waals surface area contributed by atoms with Gasteiger partial charge in [0.15, 0.2) is 0 Å². The van der Waals surface area contributed by atoms with E-state index >= 15 is 0 Å².